The van der Waals surface area contributed by atoms with E-state index in [1.54, 1.807) is 22.8 Å². The predicted molar refractivity (Wildman–Crippen MR) is 89.3 cm³/mol. The fourth-order valence-corrected chi connectivity index (χ4v) is 5.67. The van der Waals surface area contributed by atoms with Crippen molar-refractivity contribution in [3.8, 4) is 0 Å². The van der Waals surface area contributed by atoms with Crippen molar-refractivity contribution in [3.05, 3.63) is 38.7 Å². The molecule has 2 aromatic heterocycles. The molecule has 0 spiro atoms. The van der Waals surface area contributed by atoms with E-state index in [1.807, 2.05) is 38.4 Å². The van der Waals surface area contributed by atoms with Crippen LogP contribution in [0, 0.1) is 5.92 Å². The summed E-state index contributed by atoms with van der Waals surface area (Å²) in [4.78, 5) is 2.40. The molecule has 0 aliphatic heterocycles. The van der Waals surface area contributed by atoms with Gasteiger partial charge in [-0.1, -0.05) is 19.9 Å². The van der Waals surface area contributed by atoms with Crippen LogP contribution in [-0.2, 0) is 16.6 Å². The molecule has 4 nitrogen and oxygen atoms in total. The van der Waals surface area contributed by atoms with Gasteiger partial charge in [-0.15, -0.1) is 22.7 Å². The zero-order valence-electron chi connectivity index (χ0n) is 12.3. The first kappa shape index (κ1) is 16.6. The summed E-state index contributed by atoms with van der Waals surface area (Å²) < 4.78 is 27.9. The number of nitrogens with one attached hydrogen (secondary N) is 2. The Balaban J connectivity index is 2.22. The lowest BCUT2D eigenvalue weighted by molar-refractivity contribution is 0.469. The fraction of sp³-hybridized carbons (Fsp3) is 0.429. The molecule has 2 heterocycles. The maximum Gasteiger partial charge on any atom is 0.241 e. The van der Waals surface area contributed by atoms with Crippen LogP contribution < -0.4 is 10.0 Å². The van der Waals surface area contributed by atoms with Gasteiger partial charge in [-0.05, 0) is 30.5 Å². The first-order valence-corrected chi connectivity index (χ1v) is 9.96. The second-order valence-electron chi connectivity index (χ2n) is 5.14. The summed E-state index contributed by atoms with van der Waals surface area (Å²) in [5, 5.41) is 6.69. The number of sulfonamides is 1. The molecule has 116 valence electrons. The van der Waals surface area contributed by atoms with E-state index >= 15 is 0 Å². The summed E-state index contributed by atoms with van der Waals surface area (Å²) in [7, 11) is -1.64. The van der Waals surface area contributed by atoms with E-state index in [0.717, 1.165) is 9.75 Å². The maximum atomic E-state index is 12.5. The van der Waals surface area contributed by atoms with Gasteiger partial charge in [0.15, 0.2) is 0 Å². The zero-order valence-corrected chi connectivity index (χ0v) is 14.7. The summed E-state index contributed by atoms with van der Waals surface area (Å²) in [6.07, 6.45) is 0. The topological polar surface area (TPSA) is 58.2 Å². The molecule has 2 rings (SSSR count). The van der Waals surface area contributed by atoms with Gasteiger partial charge in [0.05, 0.1) is 10.9 Å². The van der Waals surface area contributed by atoms with Crippen LogP contribution >= 0.6 is 22.7 Å². The smallest absolute Gasteiger partial charge is 0.241 e. The summed E-state index contributed by atoms with van der Waals surface area (Å²) in [6, 6.07) is 5.45. The molecule has 1 unspecified atom stereocenters. The molecule has 0 aromatic carbocycles. The van der Waals surface area contributed by atoms with Crippen molar-refractivity contribution >= 4 is 32.7 Å². The first-order valence-electron chi connectivity index (χ1n) is 6.72. The molecule has 0 bridgehead atoms. The number of rotatable bonds is 7. The molecule has 1 atom stereocenters. The van der Waals surface area contributed by atoms with Gasteiger partial charge >= 0.3 is 0 Å². The van der Waals surface area contributed by atoms with Crippen molar-refractivity contribution < 1.29 is 8.42 Å². The van der Waals surface area contributed by atoms with Gasteiger partial charge in [-0.2, -0.15) is 0 Å². The van der Waals surface area contributed by atoms with Crippen molar-refractivity contribution in [2.24, 2.45) is 5.92 Å². The average Bonchev–Trinajstić information content (AvgIpc) is 3.07. The fourth-order valence-electron chi connectivity index (χ4n) is 1.99. The zero-order chi connectivity index (χ0) is 15.5. The SMILES string of the molecule is CNCc1cc(S(=O)(=O)NC(c2cccs2)C(C)C)cs1. The summed E-state index contributed by atoms with van der Waals surface area (Å²) in [5.74, 6) is 0.189. The Bertz CT molecular complexity index is 660. The molecule has 0 saturated heterocycles. The van der Waals surface area contributed by atoms with Gasteiger partial charge in [0.25, 0.3) is 0 Å². The number of hydrogen-bond acceptors (Lipinski definition) is 5. The Kier molecular flexibility index (Phi) is 5.56. The lowest BCUT2D eigenvalue weighted by Gasteiger charge is -2.20. The molecule has 0 amide bonds. The standard InChI is InChI=1S/C14H20N2O2S3/c1-10(2)14(13-5-4-6-19-13)16-21(17,18)12-7-11(8-15-3)20-9-12/h4-7,9-10,14-16H,8H2,1-3H3. The van der Waals surface area contributed by atoms with Crippen molar-refractivity contribution in [1.82, 2.24) is 10.0 Å². The van der Waals surface area contributed by atoms with Crippen molar-refractivity contribution in [2.75, 3.05) is 7.05 Å². The van der Waals surface area contributed by atoms with Crippen LogP contribution in [0.3, 0.4) is 0 Å². The number of thiophene rings is 2. The van der Waals surface area contributed by atoms with E-state index < -0.39 is 10.0 Å². The summed E-state index contributed by atoms with van der Waals surface area (Å²) in [6.45, 7) is 4.72. The van der Waals surface area contributed by atoms with Gasteiger partial charge in [0, 0.05) is 21.7 Å². The largest absolute Gasteiger partial charge is 0.315 e. The molecule has 0 radical (unpaired) electrons. The van der Waals surface area contributed by atoms with Crippen LogP contribution in [0.4, 0.5) is 0 Å². The van der Waals surface area contributed by atoms with Gasteiger partial charge in [-0.25, -0.2) is 13.1 Å². The second-order valence-corrected chi connectivity index (χ2v) is 8.83. The molecular weight excluding hydrogens is 324 g/mol. The Morgan fingerprint density at radius 1 is 1.29 bits per heavy atom. The van der Waals surface area contributed by atoms with Crippen molar-refractivity contribution in [2.45, 2.75) is 31.3 Å². The van der Waals surface area contributed by atoms with E-state index in [0.29, 0.717) is 11.4 Å². The van der Waals surface area contributed by atoms with Crippen LogP contribution in [-0.4, -0.2) is 15.5 Å². The minimum absolute atomic E-state index is 0.189. The quantitative estimate of drug-likeness (QED) is 0.811. The van der Waals surface area contributed by atoms with Crippen LogP contribution in [0.1, 0.15) is 29.6 Å². The lowest BCUT2D eigenvalue weighted by atomic mass is 10.0. The van der Waals surface area contributed by atoms with Gasteiger partial charge in [-0.3, -0.25) is 0 Å². The highest BCUT2D eigenvalue weighted by Gasteiger charge is 2.25. The molecule has 0 aliphatic rings. The predicted octanol–water partition coefficient (Wildman–Crippen LogP) is 3.20. The maximum absolute atomic E-state index is 12.5. The Hall–Kier alpha value is -0.730. The molecule has 2 N–H and O–H groups in total. The van der Waals surface area contributed by atoms with E-state index in [4.69, 9.17) is 0 Å². The van der Waals surface area contributed by atoms with Gasteiger partial charge in [0.1, 0.15) is 0 Å². The highest BCUT2D eigenvalue weighted by molar-refractivity contribution is 7.89. The van der Waals surface area contributed by atoms with E-state index in [1.165, 1.54) is 11.3 Å². The minimum atomic E-state index is -3.49. The Labute approximate surface area is 134 Å². The van der Waals surface area contributed by atoms with Crippen LogP contribution in [0.15, 0.2) is 33.9 Å². The van der Waals surface area contributed by atoms with Crippen molar-refractivity contribution in [1.29, 1.82) is 0 Å². The van der Waals surface area contributed by atoms with Gasteiger partial charge in [0.2, 0.25) is 10.0 Å². The molecule has 0 aliphatic carbocycles. The highest BCUT2D eigenvalue weighted by Crippen LogP contribution is 2.28. The molecule has 0 fully saturated rings. The Morgan fingerprint density at radius 2 is 2.05 bits per heavy atom. The molecule has 2 aromatic rings. The van der Waals surface area contributed by atoms with Crippen molar-refractivity contribution in [3.63, 3.8) is 0 Å². The minimum Gasteiger partial charge on any atom is -0.315 e. The third kappa shape index (κ3) is 4.14. The molecule has 21 heavy (non-hydrogen) atoms. The Morgan fingerprint density at radius 3 is 2.62 bits per heavy atom. The normalized spacial score (nSPS) is 13.7. The summed E-state index contributed by atoms with van der Waals surface area (Å²) in [5.41, 5.74) is 0. The summed E-state index contributed by atoms with van der Waals surface area (Å²) >= 11 is 3.03. The first-order chi connectivity index (χ1) is 9.94. The van der Waals surface area contributed by atoms with E-state index in [9.17, 15) is 8.42 Å². The van der Waals surface area contributed by atoms with Crippen LogP contribution in [0.25, 0.3) is 0 Å². The molecular formula is C14H20N2O2S3. The third-order valence-corrected chi connectivity index (χ3v) is 6.55. The lowest BCUT2D eigenvalue weighted by Crippen LogP contribution is -2.31. The average molecular weight is 345 g/mol. The van der Waals surface area contributed by atoms with Crippen LogP contribution in [0.2, 0.25) is 0 Å². The molecule has 7 heteroatoms. The van der Waals surface area contributed by atoms with E-state index in [-0.39, 0.29) is 12.0 Å². The monoisotopic (exact) mass is 344 g/mol. The van der Waals surface area contributed by atoms with E-state index in [2.05, 4.69) is 10.0 Å². The molecule has 0 saturated carbocycles. The third-order valence-electron chi connectivity index (χ3n) is 3.09. The highest BCUT2D eigenvalue weighted by atomic mass is 32.2. The second kappa shape index (κ2) is 7.02. The number of hydrogen-bond donors (Lipinski definition) is 2. The van der Waals surface area contributed by atoms with Gasteiger partial charge < -0.3 is 5.32 Å². The van der Waals surface area contributed by atoms with Crippen LogP contribution in [0.5, 0.6) is 0 Å².